The number of aryl methyl sites for hydroxylation is 1. The Morgan fingerprint density at radius 3 is 2.48 bits per heavy atom. The molecule has 27 heavy (non-hydrogen) atoms. The number of anilines is 1. The predicted octanol–water partition coefficient (Wildman–Crippen LogP) is 3.30. The highest BCUT2D eigenvalue weighted by Gasteiger charge is 2.42. The van der Waals surface area contributed by atoms with Gasteiger partial charge in [-0.1, -0.05) is 36.4 Å². The van der Waals surface area contributed by atoms with E-state index in [-0.39, 0.29) is 0 Å². The van der Waals surface area contributed by atoms with Gasteiger partial charge in [0.05, 0.1) is 30.6 Å². The third-order valence-electron chi connectivity index (χ3n) is 5.30. The molecule has 0 spiro atoms. The van der Waals surface area contributed by atoms with Crippen molar-refractivity contribution in [3.05, 3.63) is 60.2 Å². The van der Waals surface area contributed by atoms with E-state index < -0.39 is 6.34 Å². The van der Waals surface area contributed by atoms with Crippen LogP contribution in [0.5, 0.6) is 0 Å². The Morgan fingerprint density at radius 2 is 1.70 bits per heavy atom. The molecule has 2 aliphatic rings. The second kappa shape index (κ2) is 6.57. The molecule has 0 radical (unpaired) electrons. The molecule has 5 rings (SSSR count). The summed E-state index contributed by atoms with van der Waals surface area (Å²) < 4.78 is 12.4. The monoisotopic (exact) mass is 396 g/mol. The number of hydrazone groups is 1. The number of fused-ring (bicyclic) bond motifs is 3. The van der Waals surface area contributed by atoms with Crippen molar-refractivity contribution in [2.75, 3.05) is 31.1 Å². The molecule has 1 aromatic heterocycles. The number of benzene rings is 2. The smallest absolute Gasteiger partial charge is 0.167 e. The van der Waals surface area contributed by atoms with E-state index in [1.54, 1.807) is 0 Å². The van der Waals surface area contributed by atoms with E-state index in [4.69, 9.17) is 21.6 Å². The molecule has 1 saturated heterocycles. The number of rotatable bonds is 2. The minimum absolute atomic E-state index is 0.712. The molecule has 0 saturated carbocycles. The van der Waals surface area contributed by atoms with Crippen LogP contribution in [0.1, 0.15) is 5.56 Å². The number of morpholine rings is 1. The molecule has 3 aromatic rings. The van der Waals surface area contributed by atoms with Crippen LogP contribution in [0.4, 0.5) is 5.69 Å². The van der Waals surface area contributed by atoms with Crippen molar-refractivity contribution in [2.45, 2.75) is 0 Å². The first kappa shape index (κ1) is 17.1. The van der Waals surface area contributed by atoms with E-state index in [2.05, 4.69) is 57.5 Å². The Balaban J connectivity index is 1.79. The number of ether oxygens (including phenoxy) is 1. The summed E-state index contributed by atoms with van der Waals surface area (Å²) in [7, 11) is 2.13. The molecular weight excluding hydrogens is 375 g/mol. The van der Waals surface area contributed by atoms with Gasteiger partial charge in [0.2, 0.25) is 0 Å². The SMILES string of the molecule is Cn1c2c(c3ccccc31)C=NN(c1ccccc1)P2(=S)N1CCOCC1. The Morgan fingerprint density at radius 1 is 1.00 bits per heavy atom. The Hall–Kier alpha value is -1.98. The van der Waals surface area contributed by atoms with E-state index >= 15 is 0 Å². The minimum atomic E-state index is -2.34. The summed E-state index contributed by atoms with van der Waals surface area (Å²) in [6.45, 7) is 3.09. The van der Waals surface area contributed by atoms with Gasteiger partial charge in [0.25, 0.3) is 0 Å². The highest BCUT2D eigenvalue weighted by molar-refractivity contribution is 8.17. The lowest BCUT2D eigenvalue weighted by Crippen LogP contribution is -2.45. The Labute approximate surface area is 163 Å². The van der Waals surface area contributed by atoms with E-state index in [0.717, 1.165) is 24.3 Å². The molecule has 0 bridgehead atoms. The lowest BCUT2D eigenvalue weighted by Gasteiger charge is -2.44. The summed E-state index contributed by atoms with van der Waals surface area (Å²) in [5.74, 6) is 0. The maximum absolute atomic E-state index is 6.53. The maximum Gasteiger partial charge on any atom is 0.167 e. The largest absolute Gasteiger partial charge is 0.379 e. The van der Waals surface area contributed by atoms with Crippen LogP contribution in [0.3, 0.4) is 0 Å². The average molecular weight is 396 g/mol. The van der Waals surface area contributed by atoms with Gasteiger partial charge in [-0.2, -0.15) is 5.10 Å². The van der Waals surface area contributed by atoms with Crippen molar-refractivity contribution in [1.29, 1.82) is 0 Å². The first-order valence-electron chi connectivity index (χ1n) is 9.12. The summed E-state index contributed by atoms with van der Waals surface area (Å²) in [6.07, 6.45) is -0.354. The first-order valence-corrected chi connectivity index (χ1v) is 11.8. The fourth-order valence-electron chi connectivity index (χ4n) is 4.02. The number of para-hydroxylation sites is 2. The molecule has 1 fully saturated rings. The standard InChI is InChI=1S/C20H21N4OPS/c1-22-19-10-6-5-9-17(19)18-15-21-24(16-7-3-2-4-8-16)26(27,20(18)22)23-11-13-25-14-12-23/h2-10,15H,11-14H2,1H3. The molecule has 2 aromatic carbocycles. The number of hydrogen-bond acceptors (Lipinski definition) is 3. The van der Waals surface area contributed by atoms with Gasteiger partial charge in [0.15, 0.2) is 6.34 Å². The first-order chi connectivity index (χ1) is 13.2. The molecule has 1 unspecified atom stereocenters. The normalized spacial score (nSPS) is 22.9. The molecule has 0 N–H and O–H groups in total. The highest BCUT2D eigenvalue weighted by Crippen LogP contribution is 2.57. The zero-order valence-corrected chi connectivity index (χ0v) is 16.9. The topological polar surface area (TPSA) is 33.0 Å². The molecule has 0 amide bonds. The second-order valence-electron chi connectivity index (χ2n) is 6.79. The quantitative estimate of drug-likeness (QED) is 0.623. The van der Waals surface area contributed by atoms with Gasteiger partial charge < -0.3 is 9.30 Å². The van der Waals surface area contributed by atoms with E-state index in [1.165, 1.54) is 16.3 Å². The molecule has 2 aliphatic heterocycles. The lowest BCUT2D eigenvalue weighted by molar-refractivity contribution is 0.0748. The van der Waals surface area contributed by atoms with Crippen molar-refractivity contribution in [2.24, 2.45) is 12.1 Å². The van der Waals surface area contributed by atoms with Crippen molar-refractivity contribution in [3.8, 4) is 0 Å². The lowest BCUT2D eigenvalue weighted by atomic mass is 10.2. The van der Waals surface area contributed by atoms with Gasteiger partial charge in [-0.15, -0.1) is 0 Å². The second-order valence-corrected chi connectivity index (χ2v) is 10.8. The fourth-order valence-corrected chi connectivity index (χ4v) is 8.61. The van der Waals surface area contributed by atoms with Crippen LogP contribution in [0.15, 0.2) is 59.7 Å². The molecule has 1 atom stereocenters. The highest BCUT2D eigenvalue weighted by atomic mass is 32.4. The van der Waals surface area contributed by atoms with Crippen LogP contribution >= 0.6 is 6.34 Å². The van der Waals surface area contributed by atoms with Crippen LogP contribution in [0, 0.1) is 0 Å². The fraction of sp³-hybridized carbons (Fsp3) is 0.250. The van der Waals surface area contributed by atoms with Gasteiger partial charge in [0, 0.05) is 36.6 Å². The average Bonchev–Trinajstić information content (AvgIpc) is 3.03. The van der Waals surface area contributed by atoms with E-state index in [9.17, 15) is 0 Å². The molecule has 5 nitrogen and oxygen atoms in total. The number of nitrogens with zero attached hydrogens (tertiary/aromatic N) is 4. The van der Waals surface area contributed by atoms with Crippen LogP contribution in [-0.4, -0.2) is 41.8 Å². The van der Waals surface area contributed by atoms with E-state index in [1.807, 2.05) is 24.4 Å². The Bertz CT molecular complexity index is 1070. The van der Waals surface area contributed by atoms with Gasteiger partial charge in [0.1, 0.15) is 0 Å². The van der Waals surface area contributed by atoms with Crippen LogP contribution in [-0.2, 0) is 23.6 Å². The summed E-state index contributed by atoms with van der Waals surface area (Å²) in [6, 6.07) is 18.8. The zero-order valence-electron chi connectivity index (χ0n) is 15.2. The minimum Gasteiger partial charge on any atom is -0.379 e. The third kappa shape index (κ3) is 2.52. The molecule has 3 heterocycles. The van der Waals surface area contributed by atoms with Crippen molar-refractivity contribution in [1.82, 2.24) is 9.24 Å². The Kier molecular flexibility index (Phi) is 4.17. The molecule has 0 aliphatic carbocycles. The van der Waals surface area contributed by atoms with Gasteiger partial charge in [-0.3, -0.25) is 0 Å². The zero-order chi connectivity index (χ0) is 18.4. The van der Waals surface area contributed by atoms with Gasteiger partial charge in [-0.05, 0) is 30.0 Å². The summed E-state index contributed by atoms with van der Waals surface area (Å²) >= 11 is 6.53. The number of hydrogen-bond donors (Lipinski definition) is 0. The third-order valence-corrected chi connectivity index (χ3v) is 10.1. The summed E-state index contributed by atoms with van der Waals surface area (Å²) in [4.78, 5) is 0. The molecule has 7 heteroatoms. The summed E-state index contributed by atoms with van der Waals surface area (Å²) in [5.41, 5.74) is 4.61. The number of aromatic nitrogens is 1. The van der Waals surface area contributed by atoms with Crippen LogP contribution in [0.25, 0.3) is 10.9 Å². The van der Waals surface area contributed by atoms with Gasteiger partial charge >= 0.3 is 0 Å². The van der Waals surface area contributed by atoms with Crippen molar-refractivity contribution in [3.63, 3.8) is 0 Å². The van der Waals surface area contributed by atoms with Crippen LogP contribution < -0.4 is 10.2 Å². The van der Waals surface area contributed by atoms with Crippen molar-refractivity contribution >= 4 is 46.4 Å². The molecule has 138 valence electrons. The summed E-state index contributed by atoms with van der Waals surface area (Å²) in [5, 5.41) is 6.11. The predicted molar refractivity (Wildman–Crippen MR) is 116 cm³/mol. The maximum atomic E-state index is 6.53. The van der Waals surface area contributed by atoms with Crippen LogP contribution in [0.2, 0.25) is 0 Å². The van der Waals surface area contributed by atoms with Gasteiger partial charge in [-0.25, -0.2) is 9.45 Å². The van der Waals surface area contributed by atoms with E-state index in [0.29, 0.717) is 13.2 Å². The van der Waals surface area contributed by atoms with Crippen molar-refractivity contribution < 1.29 is 4.74 Å². The molecular formula is C20H21N4OPS.